The standard InChI is InChI=1S/C18H19F3N4O3/c19-18(20,21)28-13-4-1-3-12(9-13)17(5-2-6-17)16(26)22-10-14-23-24-15-11-27-8-7-25(14)15/h1,3-4,9H,2,5-8,10-11H2,(H,22,26). The Morgan fingerprint density at radius 2 is 2.14 bits per heavy atom. The Labute approximate surface area is 158 Å². The molecule has 10 heteroatoms. The molecule has 0 atom stereocenters. The molecule has 150 valence electrons. The summed E-state index contributed by atoms with van der Waals surface area (Å²) in [5.41, 5.74) is -0.326. The predicted octanol–water partition coefficient (Wildman–Crippen LogP) is 2.45. The lowest BCUT2D eigenvalue weighted by atomic mass is 9.63. The Bertz CT molecular complexity index is 877. The lowest BCUT2D eigenvalue weighted by molar-refractivity contribution is -0.274. The maximum absolute atomic E-state index is 13.0. The van der Waals surface area contributed by atoms with E-state index in [1.165, 1.54) is 18.2 Å². The molecule has 2 heterocycles. The van der Waals surface area contributed by atoms with Crippen molar-refractivity contribution in [1.29, 1.82) is 0 Å². The number of nitrogens with one attached hydrogen (secondary N) is 1. The van der Waals surface area contributed by atoms with Crippen LogP contribution in [0.25, 0.3) is 0 Å². The number of amides is 1. The summed E-state index contributed by atoms with van der Waals surface area (Å²) in [7, 11) is 0. The summed E-state index contributed by atoms with van der Waals surface area (Å²) in [4.78, 5) is 13.0. The summed E-state index contributed by atoms with van der Waals surface area (Å²) in [5.74, 6) is 0.795. The molecule has 0 spiro atoms. The van der Waals surface area contributed by atoms with Crippen LogP contribution in [-0.2, 0) is 34.6 Å². The largest absolute Gasteiger partial charge is 0.573 e. The van der Waals surface area contributed by atoms with E-state index in [0.29, 0.717) is 49.8 Å². The van der Waals surface area contributed by atoms with Gasteiger partial charge in [0.2, 0.25) is 5.91 Å². The highest BCUT2D eigenvalue weighted by molar-refractivity contribution is 5.89. The molecule has 28 heavy (non-hydrogen) atoms. The molecule has 1 aliphatic heterocycles. The van der Waals surface area contributed by atoms with Crippen molar-refractivity contribution < 1.29 is 27.4 Å². The topological polar surface area (TPSA) is 78.3 Å². The van der Waals surface area contributed by atoms with Crippen LogP contribution in [0.1, 0.15) is 36.5 Å². The third-order valence-corrected chi connectivity index (χ3v) is 5.26. The second-order valence-electron chi connectivity index (χ2n) is 6.93. The van der Waals surface area contributed by atoms with Gasteiger partial charge in [0.1, 0.15) is 12.4 Å². The van der Waals surface area contributed by atoms with Crippen LogP contribution in [0.5, 0.6) is 5.75 Å². The number of benzene rings is 1. The monoisotopic (exact) mass is 396 g/mol. The second-order valence-corrected chi connectivity index (χ2v) is 6.93. The SMILES string of the molecule is O=C(NCc1nnc2n1CCOC2)C1(c2cccc(OC(F)(F)F)c2)CCC1. The minimum absolute atomic E-state index is 0.201. The first-order valence-corrected chi connectivity index (χ1v) is 9.01. The van der Waals surface area contributed by atoms with Crippen molar-refractivity contribution in [2.75, 3.05) is 6.61 Å². The average molecular weight is 396 g/mol. The zero-order valence-corrected chi connectivity index (χ0v) is 15.0. The fourth-order valence-corrected chi connectivity index (χ4v) is 3.68. The molecule has 0 bridgehead atoms. The van der Waals surface area contributed by atoms with Gasteiger partial charge in [0.05, 0.1) is 18.6 Å². The second kappa shape index (κ2) is 7.08. The van der Waals surface area contributed by atoms with Crippen molar-refractivity contribution in [3.05, 3.63) is 41.5 Å². The Kier molecular flexibility index (Phi) is 4.74. The molecule has 0 saturated heterocycles. The summed E-state index contributed by atoms with van der Waals surface area (Å²) >= 11 is 0. The Balaban J connectivity index is 1.49. The molecular weight excluding hydrogens is 377 g/mol. The van der Waals surface area contributed by atoms with Crippen LogP contribution in [0.3, 0.4) is 0 Å². The van der Waals surface area contributed by atoms with E-state index in [4.69, 9.17) is 4.74 Å². The minimum Gasteiger partial charge on any atom is -0.406 e. The van der Waals surface area contributed by atoms with Gasteiger partial charge in [-0.25, -0.2) is 0 Å². The van der Waals surface area contributed by atoms with Crippen LogP contribution in [0.15, 0.2) is 24.3 Å². The molecule has 0 unspecified atom stereocenters. The molecule has 0 radical (unpaired) electrons. The Hall–Kier alpha value is -2.62. The van der Waals surface area contributed by atoms with Crippen LogP contribution in [0.2, 0.25) is 0 Å². The van der Waals surface area contributed by atoms with Crippen molar-refractivity contribution in [1.82, 2.24) is 20.1 Å². The summed E-state index contributed by atoms with van der Waals surface area (Å²) in [6.45, 7) is 1.76. The van der Waals surface area contributed by atoms with E-state index < -0.39 is 11.8 Å². The molecule has 1 aliphatic carbocycles. The molecule has 1 aromatic heterocycles. The van der Waals surface area contributed by atoms with Gasteiger partial charge < -0.3 is 19.4 Å². The van der Waals surface area contributed by atoms with Gasteiger partial charge in [0, 0.05) is 6.54 Å². The lowest BCUT2D eigenvalue weighted by Crippen LogP contribution is -2.49. The van der Waals surface area contributed by atoms with E-state index in [9.17, 15) is 18.0 Å². The molecule has 1 saturated carbocycles. The number of nitrogens with zero attached hydrogens (tertiary/aromatic N) is 3. The number of carbonyl (C=O) groups is 1. The number of hydrogen-bond acceptors (Lipinski definition) is 5. The van der Waals surface area contributed by atoms with E-state index in [-0.39, 0.29) is 18.2 Å². The van der Waals surface area contributed by atoms with Crippen molar-refractivity contribution >= 4 is 5.91 Å². The van der Waals surface area contributed by atoms with E-state index in [2.05, 4.69) is 20.3 Å². The lowest BCUT2D eigenvalue weighted by Gasteiger charge is -2.40. The van der Waals surface area contributed by atoms with E-state index in [1.54, 1.807) is 6.07 Å². The highest BCUT2D eigenvalue weighted by Crippen LogP contribution is 2.45. The third-order valence-electron chi connectivity index (χ3n) is 5.26. The zero-order valence-electron chi connectivity index (χ0n) is 15.0. The first kappa shape index (κ1) is 18.7. The molecule has 1 fully saturated rings. The van der Waals surface area contributed by atoms with Gasteiger partial charge in [0.25, 0.3) is 0 Å². The molecule has 4 rings (SSSR count). The quantitative estimate of drug-likeness (QED) is 0.840. The molecule has 7 nitrogen and oxygen atoms in total. The summed E-state index contributed by atoms with van der Waals surface area (Å²) < 4.78 is 48.8. The van der Waals surface area contributed by atoms with Crippen molar-refractivity contribution in [3.63, 3.8) is 0 Å². The van der Waals surface area contributed by atoms with Crippen LogP contribution in [0.4, 0.5) is 13.2 Å². The highest BCUT2D eigenvalue weighted by Gasteiger charge is 2.46. The maximum atomic E-state index is 13.0. The normalized spacial score (nSPS) is 18.1. The summed E-state index contributed by atoms with van der Waals surface area (Å²) in [5, 5.41) is 11.0. The molecular formula is C18H19F3N4O3. The van der Waals surface area contributed by atoms with Crippen LogP contribution >= 0.6 is 0 Å². The number of aromatic nitrogens is 3. The average Bonchev–Trinajstić information content (AvgIpc) is 3.01. The molecule has 1 N–H and O–H groups in total. The van der Waals surface area contributed by atoms with E-state index in [1.807, 2.05) is 4.57 Å². The number of halogens is 3. The van der Waals surface area contributed by atoms with Gasteiger partial charge in [0.15, 0.2) is 11.6 Å². The van der Waals surface area contributed by atoms with Crippen molar-refractivity contribution in [3.8, 4) is 5.75 Å². The fourth-order valence-electron chi connectivity index (χ4n) is 3.68. The fraction of sp³-hybridized carbons (Fsp3) is 0.500. The number of fused-ring (bicyclic) bond motifs is 1. The van der Waals surface area contributed by atoms with E-state index in [0.717, 1.165) is 6.42 Å². The molecule has 2 aromatic rings. The smallest absolute Gasteiger partial charge is 0.406 e. The Morgan fingerprint density at radius 3 is 2.86 bits per heavy atom. The first-order chi connectivity index (χ1) is 13.4. The van der Waals surface area contributed by atoms with Crippen molar-refractivity contribution in [2.45, 2.75) is 50.7 Å². The molecule has 2 aliphatic rings. The Morgan fingerprint density at radius 1 is 1.32 bits per heavy atom. The van der Waals surface area contributed by atoms with Gasteiger partial charge in [-0.3, -0.25) is 4.79 Å². The third kappa shape index (κ3) is 3.56. The number of carbonyl (C=O) groups excluding carboxylic acids is 1. The van der Waals surface area contributed by atoms with Crippen LogP contribution in [-0.4, -0.2) is 33.6 Å². The molecule has 1 amide bonds. The van der Waals surface area contributed by atoms with Gasteiger partial charge in [-0.05, 0) is 30.5 Å². The van der Waals surface area contributed by atoms with Crippen LogP contribution < -0.4 is 10.1 Å². The van der Waals surface area contributed by atoms with Gasteiger partial charge >= 0.3 is 6.36 Å². The number of alkyl halides is 3. The van der Waals surface area contributed by atoms with Gasteiger partial charge in [-0.1, -0.05) is 18.6 Å². The number of ether oxygens (including phenoxy) is 2. The minimum atomic E-state index is -4.77. The van der Waals surface area contributed by atoms with E-state index >= 15 is 0 Å². The van der Waals surface area contributed by atoms with Gasteiger partial charge in [-0.2, -0.15) is 0 Å². The van der Waals surface area contributed by atoms with Crippen molar-refractivity contribution in [2.24, 2.45) is 0 Å². The highest BCUT2D eigenvalue weighted by atomic mass is 19.4. The number of rotatable bonds is 5. The van der Waals surface area contributed by atoms with Crippen LogP contribution in [0, 0.1) is 0 Å². The predicted molar refractivity (Wildman–Crippen MR) is 90.2 cm³/mol. The molecule has 1 aromatic carbocycles. The summed E-state index contributed by atoms with van der Waals surface area (Å²) in [6, 6.07) is 5.66. The zero-order chi connectivity index (χ0) is 19.8. The first-order valence-electron chi connectivity index (χ1n) is 9.01. The van der Waals surface area contributed by atoms with Gasteiger partial charge in [-0.15, -0.1) is 23.4 Å². The maximum Gasteiger partial charge on any atom is 0.573 e. The number of hydrogen-bond donors (Lipinski definition) is 1. The summed E-state index contributed by atoms with van der Waals surface area (Å²) in [6.07, 6.45) is -2.81.